The zero-order valence-electron chi connectivity index (χ0n) is 24.3. The minimum absolute atomic E-state index is 0.0625. The van der Waals surface area contributed by atoms with E-state index < -0.39 is 35.1 Å². The van der Waals surface area contributed by atoms with Gasteiger partial charge in [-0.15, -0.1) is 0 Å². The average molecular weight is 564 g/mol. The summed E-state index contributed by atoms with van der Waals surface area (Å²) in [5.41, 5.74) is -0.534. The molecule has 2 aromatic rings. The highest BCUT2D eigenvalue weighted by molar-refractivity contribution is 6.02. The van der Waals surface area contributed by atoms with Crippen molar-refractivity contribution in [1.82, 2.24) is 10.2 Å². The molecule has 0 radical (unpaired) electrons. The van der Waals surface area contributed by atoms with E-state index in [0.717, 1.165) is 5.56 Å². The maximum Gasteiger partial charge on any atom is 0.246 e. The van der Waals surface area contributed by atoms with Gasteiger partial charge in [0.1, 0.15) is 17.4 Å². The molecule has 0 aliphatic carbocycles. The number of aliphatic hydroxyl groups is 1. The van der Waals surface area contributed by atoms with Gasteiger partial charge in [-0.2, -0.15) is 0 Å². The van der Waals surface area contributed by atoms with Crippen LogP contribution >= 0.6 is 0 Å². The number of nitrogens with zero attached hydrogens (tertiary/aromatic N) is 1. The number of rotatable bonds is 11. The van der Waals surface area contributed by atoms with Crippen LogP contribution in [0.5, 0.6) is 5.75 Å². The minimum Gasteiger partial charge on any atom is -0.494 e. The number of hydrogen-bond donors (Lipinski definition) is 3. The van der Waals surface area contributed by atoms with Gasteiger partial charge in [-0.1, -0.05) is 50.6 Å². The van der Waals surface area contributed by atoms with Crippen LogP contribution in [0.15, 0.2) is 54.6 Å². The lowest BCUT2D eigenvalue weighted by Gasteiger charge is -2.39. The predicted molar refractivity (Wildman–Crippen MR) is 154 cm³/mol. The normalized spacial score (nSPS) is 29.6. The molecule has 3 fully saturated rings. The van der Waals surface area contributed by atoms with E-state index in [4.69, 9.17) is 9.47 Å². The van der Waals surface area contributed by atoms with Gasteiger partial charge in [0.05, 0.1) is 36.7 Å². The van der Waals surface area contributed by atoms with E-state index >= 15 is 0 Å². The Balaban J connectivity index is 1.48. The third kappa shape index (κ3) is 4.99. The number of carbonyl (C=O) groups is 3. The molecular formula is C32H41N3O6. The summed E-state index contributed by atoms with van der Waals surface area (Å²) in [5, 5.41) is 16.5. The second-order valence-corrected chi connectivity index (χ2v) is 11.8. The Morgan fingerprint density at radius 3 is 2.44 bits per heavy atom. The Kier molecular flexibility index (Phi) is 8.12. The highest BCUT2D eigenvalue weighted by Gasteiger charge is 2.78. The van der Waals surface area contributed by atoms with Crippen LogP contribution in [0.4, 0.5) is 5.69 Å². The maximum absolute atomic E-state index is 14.4. The third-order valence-corrected chi connectivity index (χ3v) is 9.33. The summed E-state index contributed by atoms with van der Waals surface area (Å²) >= 11 is 0. The number of ether oxygens (including phenoxy) is 2. The zero-order chi connectivity index (χ0) is 29.4. The monoisotopic (exact) mass is 563 g/mol. The molecule has 41 heavy (non-hydrogen) atoms. The molecule has 2 aromatic carbocycles. The van der Waals surface area contributed by atoms with E-state index in [0.29, 0.717) is 43.9 Å². The van der Waals surface area contributed by atoms with Crippen molar-refractivity contribution in [3.8, 4) is 5.75 Å². The van der Waals surface area contributed by atoms with Crippen molar-refractivity contribution in [3.05, 3.63) is 60.2 Å². The molecule has 3 saturated heterocycles. The van der Waals surface area contributed by atoms with Crippen molar-refractivity contribution in [3.63, 3.8) is 0 Å². The maximum atomic E-state index is 14.4. The van der Waals surface area contributed by atoms with Gasteiger partial charge >= 0.3 is 0 Å². The van der Waals surface area contributed by atoms with Crippen molar-refractivity contribution >= 4 is 23.4 Å². The molecule has 0 saturated carbocycles. The number of nitrogens with one attached hydrogen (secondary N) is 2. The number of benzene rings is 2. The molecule has 9 heteroatoms. The van der Waals surface area contributed by atoms with Gasteiger partial charge in [0.2, 0.25) is 17.7 Å². The van der Waals surface area contributed by atoms with Crippen molar-refractivity contribution in [2.45, 2.75) is 76.8 Å². The fourth-order valence-corrected chi connectivity index (χ4v) is 7.14. The number of anilines is 1. The third-order valence-electron chi connectivity index (χ3n) is 9.33. The quantitative estimate of drug-likeness (QED) is 0.385. The smallest absolute Gasteiger partial charge is 0.246 e. The van der Waals surface area contributed by atoms with Crippen molar-refractivity contribution in [2.75, 3.05) is 18.5 Å². The SMILES string of the molecule is CCOc1ccc(NC(=O)[C@H]2[C@H]3C(=O)N([C@@H](CO)[C@@H](C)CC)C(C(=O)NCc4ccccc4)C34CC[C@]2(C)O4)cc1. The van der Waals surface area contributed by atoms with Gasteiger partial charge in [0.15, 0.2) is 0 Å². The molecule has 2 bridgehead atoms. The molecule has 7 atom stereocenters. The van der Waals surface area contributed by atoms with Crippen molar-refractivity contribution in [2.24, 2.45) is 17.8 Å². The average Bonchev–Trinajstić information content (AvgIpc) is 3.54. The van der Waals surface area contributed by atoms with Crippen LogP contribution < -0.4 is 15.4 Å². The first-order valence-corrected chi connectivity index (χ1v) is 14.7. The van der Waals surface area contributed by atoms with E-state index in [9.17, 15) is 19.5 Å². The first-order valence-electron chi connectivity index (χ1n) is 14.7. The number of hydrogen-bond acceptors (Lipinski definition) is 6. The summed E-state index contributed by atoms with van der Waals surface area (Å²) in [4.78, 5) is 43.8. The van der Waals surface area contributed by atoms with Crippen LogP contribution in [-0.4, -0.2) is 64.2 Å². The Morgan fingerprint density at radius 1 is 1.10 bits per heavy atom. The predicted octanol–water partition coefficient (Wildman–Crippen LogP) is 3.51. The number of fused-ring (bicyclic) bond motifs is 1. The van der Waals surface area contributed by atoms with Gasteiger partial charge in [0.25, 0.3) is 0 Å². The Hall–Kier alpha value is -3.43. The van der Waals surface area contributed by atoms with Crippen LogP contribution in [0.3, 0.4) is 0 Å². The van der Waals surface area contributed by atoms with E-state index in [2.05, 4.69) is 10.6 Å². The van der Waals surface area contributed by atoms with Crippen LogP contribution in [0.25, 0.3) is 0 Å². The van der Waals surface area contributed by atoms with Gasteiger partial charge in [-0.25, -0.2) is 0 Å². The van der Waals surface area contributed by atoms with Gasteiger partial charge in [-0.05, 0) is 62.4 Å². The standard InChI is InChI=1S/C32H41N3O6/c1-5-20(3)24(19-36)35-27(29(38)33-18-21-10-8-7-9-11-21)32-17-16-31(4,41-32)25(26(32)30(35)39)28(37)34-22-12-14-23(15-13-22)40-6-2/h7-15,20,24-27,36H,5-6,16-19H2,1-4H3,(H,33,38)(H,34,37)/t20-,24-,25+,26-,27?,31-,32?/m0/s1. The summed E-state index contributed by atoms with van der Waals surface area (Å²) in [6.45, 7) is 8.29. The molecule has 0 aromatic heterocycles. The van der Waals surface area contributed by atoms with Crippen LogP contribution in [0.2, 0.25) is 0 Å². The second kappa shape index (κ2) is 11.4. The van der Waals surface area contributed by atoms with Crippen molar-refractivity contribution in [1.29, 1.82) is 0 Å². The lowest BCUT2D eigenvalue weighted by atomic mass is 9.66. The molecule has 2 unspecified atom stereocenters. The van der Waals surface area contributed by atoms with E-state index in [1.165, 1.54) is 0 Å². The highest BCUT2D eigenvalue weighted by atomic mass is 16.5. The summed E-state index contributed by atoms with van der Waals surface area (Å²) < 4.78 is 12.2. The van der Waals surface area contributed by atoms with Gasteiger partial charge in [0, 0.05) is 12.2 Å². The van der Waals surface area contributed by atoms with Crippen molar-refractivity contribution < 1.29 is 29.0 Å². The van der Waals surface area contributed by atoms with E-state index in [-0.39, 0.29) is 30.2 Å². The molecule has 3 aliphatic heterocycles. The number of aliphatic hydroxyl groups excluding tert-OH is 1. The molecule has 1 spiro atoms. The summed E-state index contributed by atoms with van der Waals surface area (Å²) in [6.07, 6.45) is 1.73. The number of amides is 3. The topological polar surface area (TPSA) is 117 Å². The summed E-state index contributed by atoms with van der Waals surface area (Å²) in [5.74, 6) is -1.94. The first kappa shape index (κ1) is 29.1. The van der Waals surface area contributed by atoms with Crippen LogP contribution in [0.1, 0.15) is 52.5 Å². The molecule has 3 aliphatic rings. The molecule has 9 nitrogen and oxygen atoms in total. The lowest BCUT2D eigenvalue weighted by molar-refractivity contribution is -0.150. The first-order chi connectivity index (χ1) is 19.7. The zero-order valence-corrected chi connectivity index (χ0v) is 24.3. The molecular weight excluding hydrogens is 522 g/mol. The largest absolute Gasteiger partial charge is 0.494 e. The molecule has 3 N–H and O–H groups in total. The molecule has 3 heterocycles. The fourth-order valence-electron chi connectivity index (χ4n) is 7.14. The fraction of sp³-hybridized carbons (Fsp3) is 0.531. The van der Waals surface area contributed by atoms with E-state index in [1.807, 2.05) is 58.0 Å². The summed E-state index contributed by atoms with van der Waals surface area (Å²) in [6, 6.07) is 15.1. The Morgan fingerprint density at radius 2 is 1.80 bits per heavy atom. The minimum atomic E-state index is -1.16. The Bertz CT molecular complexity index is 1270. The highest BCUT2D eigenvalue weighted by Crippen LogP contribution is 2.63. The molecule has 5 rings (SSSR count). The van der Waals surface area contributed by atoms with E-state index in [1.54, 1.807) is 29.2 Å². The Labute approximate surface area is 241 Å². The molecule has 3 amide bonds. The second-order valence-electron chi connectivity index (χ2n) is 11.8. The summed E-state index contributed by atoms with van der Waals surface area (Å²) in [7, 11) is 0. The van der Waals surface area contributed by atoms with Crippen LogP contribution in [0, 0.1) is 17.8 Å². The number of likely N-dealkylation sites (tertiary alicyclic amines) is 1. The van der Waals surface area contributed by atoms with Gasteiger partial charge in [-0.3, -0.25) is 14.4 Å². The van der Waals surface area contributed by atoms with Crippen LogP contribution in [-0.2, 0) is 25.7 Å². The van der Waals surface area contributed by atoms with Gasteiger partial charge < -0.3 is 30.1 Å². The lowest BCUT2D eigenvalue weighted by Crippen LogP contribution is -2.59. The number of carbonyl (C=O) groups excluding carboxylic acids is 3. The molecule has 220 valence electrons.